The van der Waals surface area contributed by atoms with Gasteiger partial charge in [-0.1, -0.05) is 0 Å². The Morgan fingerprint density at radius 1 is 1.53 bits per heavy atom. The van der Waals surface area contributed by atoms with Crippen molar-refractivity contribution in [1.29, 1.82) is 0 Å². The zero-order valence-electron chi connectivity index (χ0n) is 7.64. The summed E-state index contributed by atoms with van der Waals surface area (Å²) in [4.78, 5) is 13.3. The summed E-state index contributed by atoms with van der Waals surface area (Å²) in [6.45, 7) is 0. The summed E-state index contributed by atoms with van der Waals surface area (Å²) >= 11 is 0. The lowest BCUT2D eigenvalue weighted by Crippen LogP contribution is -2.31. The van der Waals surface area contributed by atoms with Crippen LogP contribution in [0.25, 0.3) is 0 Å². The maximum absolute atomic E-state index is 12.1. The van der Waals surface area contributed by atoms with E-state index in [9.17, 15) is 18.9 Å². The minimum atomic E-state index is -2.62. The quantitative estimate of drug-likeness (QED) is 0.605. The van der Waals surface area contributed by atoms with Crippen LogP contribution in [0, 0.1) is 10.1 Å². The maximum atomic E-state index is 12.1. The summed E-state index contributed by atoms with van der Waals surface area (Å²) in [5.41, 5.74) is 5.26. The van der Waals surface area contributed by atoms with Gasteiger partial charge in [0.15, 0.2) is 0 Å². The third kappa shape index (κ3) is 3.21. The van der Waals surface area contributed by atoms with Gasteiger partial charge in [-0.3, -0.25) is 15.1 Å². The Morgan fingerprint density at radius 2 is 2.20 bits per heavy atom. The van der Waals surface area contributed by atoms with Gasteiger partial charge in [-0.2, -0.15) is 0 Å². The van der Waals surface area contributed by atoms with E-state index in [1.165, 1.54) is 12.1 Å². The predicted molar refractivity (Wildman–Crippen MR) is 48.6 cm³/mol. The summed E-state index contributed by atoms with van der Waals surface area (Å²) in [6, 6.07) is 1.24. The van der Waals surface area contributed by atoms with Crippen molar-refractivity contribution in [2.75, 3.05) is 0 Å². The van der Waals surface area contributed by atoms with Crippen molar-refractivity contribution in [3.8, 4) is 0 Å². The van der Waals surface area contributed by atoms with E-state index >= 15 is 0 Å². The molecule has 0 aliphatic heterocycles. The van der Waals surface area contributed by atoms with Gasteiger partial charge in [0.05, 0.1) is 11.0 Å². The largest absolute Gasteiger partial charge is 0.323 e. The third-order valence-corrected chi connectivity index (χ3v) is 1.79. The second-order valence-corrected chi connectivity index (χ2v) is 2.97. The van der Waals surface area contributed by atoms with Gasteiger partial charge in [-0.25, -0.2) is 8.78 Å². The van der Waals surface area contributed by atoms with Crippen LogP contribution in [0.3, 0.4) is 0 Å². The highest BCUT2D eigenvalue weighted by Crippen LogP contribution is 2.11. The highest BCUT2D eigenvalue weighted by molar-refractivity contribution is 5.26. The fourth-order valence-electron chi connectivity index (χ4n) is 0.976. The molecule has 7 heteroatoms. The van der Waals surface area contributed by atoms with E-state index in [0.29, 0.717) is 5.69 Å². The second kappa shape index (κ2) is 4.74. The monoisotopic (exact) mass is 217 g/mol. The number of nitro groups is 1. The molecule has 1 heterocycles. The molecule has 0 bridgehead atoms. The fourth-order valence-corrected chi connectivity index (χ4v) is 0.976. The first kappa shape index (κ1) is 11.4. The van der Waals surface area contributed by atoms with Crippen molar-refractivity contribution in [3.63, 3.8) is 0 Å². The molecule has 5 nitrogen and oxygen atoms in total. The molecule has 1 atom stereocenters. The molecule has 0 radical (unpaired) electrons. The van der Waals surface area contributed by atoms with Crippen molar-refractivity contribution in [2.24, 2.45) is 5.73 Å². The maximum Gasteiger partial charge on any atom is 0.287 e. The van der Waals surface area contributed by atoms with Crippen molar-refractivity contribution in [3.05, 3.63) is 34.1 Å². The fraction of sp³-hybridized carbons (Fsp3) is 0.375. The highest BCUT2D eigenvalue weighted by Gasteiger charge is 2.16. The number of rotatable bonds is 4. The lowest BCUT2D eigenvalue weighted by atomic mass is 10.1. The molecule has 0 saturated carbocycles. The predicted octanol–water partition coefficient (Wildman–Crippen LogP) is 1.12. The first-order chi connectivity index (χ1) is 7.00. The van der Waals surface area contributed by atoms with E-state index in [2.05, 4.69) is 4.98 Å². The molecule has 1 unspecified atom stereocenters. The van der Waals surface area contributed by atoms with Gasteiger partial charge in [0.25, 0.3) is 12.1 Å². The minimum absolute atomic E-state index is 0.102. The van der Waals surface area contributed by atoms with Crippen LogP contribution in [-0.2, 0) is 6.42 Å². The lowest BCUT2D eigenvalue weighted by molar-refractivity contribution is -0.385. The molecular weight excluding hydrogens is 208 g/mol. The number of halogens is 2. The molecule has 1 rings (SSSR count). The number of aromatic nitrogens is 1. The van der Waals surface area contributed by atoms with Gasteiger partial charge < -0.3 is 5.73 Å². The highest BCUT2D eigenvalue weighted by atomic mass is 19.3. The molecule has 1 aromatic heterocycles. The summed E-state index contributed by atoms with van der Waals surface area (Å²) in [5, 5.41) is 10.3. The van der Waals surface area contributed by atoms with Crippen molar-refractivity contribution in [2.45, 2.75) is 18.9 Å². The summed E-state index contributed by atoms with van der Waals surface area (Å²) < 4.78 is 24.1. The zero-order valence-corrected chi connectivity index (χ0v) is 7.64. The molecule has 0 saturated heterocycles. The molecule has 0 aliphatic carbocycles. The Balaban J connectivity index is 2.68. The summed E-state index contributed by atoms with van der Waals surface area (Å²) in [7, 11) is 0. The number of nitrogens with two attached hydrogens (primary N) is 1. The lowest BCUT2D eigenvalue weighted by Gasteiger charge is -2.08. The van der Waals surface area contributed by atoms with E-state index < -0.39 is 17.4 Å². The van der Waals surface area contributed by atoms with Crippen LogP contribution in [-0.4, -0.2) is 22.4 Å². The normalized spacial score (nSPS) is 12.8. The molecule has 0 aromatic carbocycles. The van der Waals surface area contributed by atoms with E-state index in [4.69, 9.17) is 5.73 Å². The van der Waals surface area contributed by atoms with Crippen molar-refractivity contribution in [1.82, 2.24) is 4.98 Å². The molecule has 2 N–H and O–H groups in total. The van der Waals surface area contributed by atoms with E-state index in [0.717, 1.165) is 6.20 Å². The van der Waals surface area contributed by atoms with Crippen LogP contribution in [0.4, 0.5) is 14.5 Å². The number of pyridine rings is 1. The molecule has 0 spiro atoms. The van der Waals surface area contributed by atoms with Crippen LogP contribution in [0.2, 0.25) is 0 Å². The van der Waals surface area contributed by atoms with E-state index in [-0.39, 0.29) is 12.1 Å². The SMILES string of the molecule is NC(Cc1ccc([N+](=O)[O-])cn1)C(F)F. The topological polar surface area (TPSA) is 82.0 Å². The first-order valence-electron chi connectivity index (χ1n) is 4.13. The van der Waals surface area contributed by atoms with Gasteiger partial charge in [0, 0.05) is 18.2 Å². The summed E-state index contributed by atoms with van der Waals surface area (Å²) in [6.07, 6.45) is -1.70. The van der Waals surface area contributed by atoms with E-state index in [1.807, 2.05) is 0 Å². The smallest absolute Gasteiger partial charge is 0.287 e. The number of alkyl halides is 2. The summed E-state index contributed by atoms with van der Waals surface area (Å²) in [5.74, 6) is 0. The van der Waals surface area contributed by atoms with Gasteiger partial charge in [-0.15, -0.1) is 0 Å². The van der Waals surface area contributed by atoms with Crippen molar-refractivity contribution < 1.29 is 13.7 Å². The minimum Gasteiger partial charge on any atom is -0.323 e. The van der Waals surface area contributed by atoms with Gasteiger partial charge in [0.2, 0.25) is 0 Å². The van der Waals surface area contributed by atoms with Gasteiger partial charge in [-0.05, 0) is 6.07 Å². The Kier molecular flexibility index (Phi) is 3.62. The average Bonchev–Trinajstić information content (AvgIpc) is 2.18. The van der Waals surface area contributed by atoms with Crippen molar-refractivity contribution >= 4 is 5.69 Å². The standard InChI is InChI=1S/C8H9F2N3O2/c9-8(10)7(11)3-5-1-2-6(4-12-5)13(14)15/h1-2,4,7-8H,3,11H2. The molecule has 0 aliphatic rings. The Hall–Kier alpha value is -1.63. The zero-order chi connectivity index (χ0) is 11.4. The van der Waals surface area contributed by atoms with Crippen LogP contribution in [0.15, 0.2) is 18.3 Å². The third-order valence-electron chi connectivity index (χ3n) is 1.79. The Morgan fingerprint density at radius 3 is 2.60 bits per heavy atom. The number of hydrogen-bond donors (Lipinski definition) is 1. The molecular formula is C8H9F2N3O2. The van der Waals surface area contributed by atoms with Crippen LogP contribution < -0.4 is 5.73 Å². The van der Waals surface area contributed by atoms with Crippen LogP contribution >= 0.6 is 0 Å². The molecule has 15 heavy (non-hydrogen) atoms. The Labute approximate surface area is 84.1 Å². The van der Waals surface area contributed by atoms with Gasteiger partial charge >= 0.3 is 0 Å². The Bertz CT molecular complexity index is 342. The molecule has 1 aromatic rings. The molecule has 0 fully saturated rings. The number of hydrogen-bond acceptors (Lipinski definition) is 4. The molecule has 0 amide bonds. The second-order valence-electron chi connectivity index (χ2n) is 2.97. The average molecular weight is 217 g/mol. The van der Waals surface area contributed by atoms with Gasteiger partial charge in [0.1, 0.15) is 6.20 Å². The number of nitrogens with zero attached hydrogens (tertiary/aromatic N) is 2. The van der Waals surface area contributed by atoms with Crippen LogP contribution in [0.1, 0.15) is 5.69 Å². The molecule has 82 valence electrons. The first-order valence-corrected chi connectivity index (χ1v) is 4.13. The van der Waals surface area contributed by atoms with E-state index in [1.54, 1.807) is 0 Å². The van der Waals surface area contributed by atoms with Crippen LogP contribution in [0.5, 0.6) is 0 Å².